The zero-order valence-electron chi connectivity index (χ0n) is 19.7. The van der Waals surface area contributed by atoms with Crippen LogP contribution in [0.25, 0.3) is 11.1 Å². The lowest BCUT2D eigenvalue weighted by molar-refractivity contribution is 0.347. The molecule has 0 unspecified atom stereocenters. The molecule has 173 valence electrons. The summed E-state index contributed by atoms with van der Waals surface area (Å²) in [5, 5.41) is 13.6. The van der Waals surface area contributed by atoms with E-state index in [-0.39, 0.29) is 17.6 Å². The van der Waals surface area contributed by atoms with Crippen molar-refractivity contribution >= 4 is 11.6 Å². The summed E-state index contributed by atoms with van der Waals surface area (Å²) >= 11 is 6.03. The van der Waals surface area contributed by atoms with Crippen LogP contribution in [-0.2, 0) is 5.11 Å². The molecule has 0 N–H and O–H groups in total. The standard InChI is InChI=1S/C29H27ClNO3/c1-18(2)22-8-5-6-10-25(22)34-26-16-15-24(32)27(19(3)4)28(26)23-9-7-17-31-29(23)33-21-13-11-20(30)12-14-21/h5-19H,1-4H3. The van der Waals surface area contributed by atoms with Crippen molar-refractivity contribution in [3.05, 3.63) is 95.1 Å². The molecule has 0 saturated carbocycles. The van der Waals surface area contributed by atoms with E-state index in [1.807, 2.05) is 44.2 Å². The van der Waals surface area contributed by atoms with Crippen molar-refractivity contribution in [3.8, 4) is 40.0 Å². The van der Waals surface area contributed by atoms with Gasteiger partial charge in [-0.15, -0.1) is 0 Å². The highest BCUT2D eigenvalue weighted by atomic mass is 35.5. The summed E-state index contributed by atoms with van der Waals surface area (Å²) in [6.45, 7) is 8.26. The molecular weight excluding hydrogens is 446 g/mol. The maximum atomic E-state index is 13.0. The summed E-state index contributed by atoms with van der Waals surface area (Å²) < 4.78 is 12.6. The molecule has 34 heavy (non-hydrogen) atoms. The van der Waals surface area contributed by atoms with Crippen molar-refractivity contribution in [2.45, 2.75) is 39.5 Å². The Morgan fingerprint density at radius 2 is 1.50 bits per heavy atom. The zero-order chi connectivity index (χ0) is 24.2. The van der Waals surface area contributed by atoms with Gasteiger partial charge in [0.2, 0.25) is 5.88 Å². The number of para-hydroxylation sites is 1. The molecule has 1 aromatic heterocycles. The summed E-state index contributed by atoms with van der Waals surface area (Å²) in [6.07, 6.45) is 1.67. The third-order valence-electron chi connectivity index (χ3n) is 5.57. The second kappa shape index (κ2) is 10.2. The molecule has 0 aliphatic rings. The second-order valence-corrected chi connectivity index (χ2v) is 9.15. The molecule has 0 aliphatic heterocycles. The fraction of sp³-hybridized carbons (Fsp3) is 0.207. The van der Waals surface area contributed by atoms with E-state index in [4.69, 9.17) is 21.1 Å². The first-order chi connectivity index (χ1) is 16.3. The first-order valence-electron chi connectivity index (χ1n) is 11.3. The monoisotopic (exact) mass is 472 g/mol. The normalized spacial score (nSPS) is 11.1. The van der Waals surface area contributed by atoms with Crippen LogP contribution in [0.5, 0.6) is 28.9 Å². The summed E-state index contributed by atoms with van der Waals surface area (Å²) in [6, 6.07) is 22.1. The van der Waals surface area contributed by atoms with E-state index in [9.17, 15) is 5.11 Å². The quantitative estimate of drug-likeness (QED) is 0.269. The highest BCUT2D eigenvalue weighted by Crippen LogP contribution is 2.47. The predicted octanol–water partition coefficient (Wildman–Crippen LogP) is 9.38. The van der Waals surface area contributed by atoms with Crippen LogP contribution in [0.1, 0.15) is 50.7 Å². The Hall–Kier alpha value is -3.50. The number of aromatic nitrogens is 1. The lowest BCUT2D eigenvalue weighted by Gasteiger charge is -2.21. The number of ether oxygens (including phenoxy) is 2. The smallest absolute Gasteiger partial charge is 0.227 e. The van der Waals surface area contributed by atoms with Gasteiger partial charge in [-0.25, -0.2) is 4.98 Å². The van der Waals surface area contributed by atoms with Crippen LogP contribution in [0.3, 0.4) is 0 Å². The Kier molecular flexibility index (Phi) is 7.09. The molecule has 0 saturated heterocycles. The fourth-order valence-corrected chi connectivity index (χ4v) is 4.09. The molecule has 0 bridgehead atoms. The number of hydrogen-bond donors (Lipinski definition) is 0. The lowest BCUT2D eigenvalue weighted by atomic mass is 9.91. The van der Waals surface area contributed by atoms with E-state index >= 15 is 0 Å². The zero-order valence-corrected chi connectivity index (χ0v) is 20.5. The molecule has 0 spiro atoms. The van der Waals surface area contributed by atoms with Crippen molar-refractivity contribution in [1.29, 1.82) is 0 Å². The minimum Gasteiger partial charge on any atom is -0.456 e. The summed E-state index contributed by atoms with van der Waals surface area (Å²) in [4.78, 5) is 4.48. The molecule has 4 nitrogen and oxygen atoms in total. The Morgan fingerprint density at radius 1 is 0.765 bits per heavy atom. The van der Waals surface area contributed by atoms with Crippen molar-refractivity contribution in [2.24, 2.45) is 0 Å². The van der Waals surface area contributed by atoms with Crippen LogP contribution in [0, 0.1) is 0 Å². The van der Waals surface area contributed by atoms with E-state index < -0.39 is 0 Å². The molecule has 0 aliphatic carbocycles. The van der Waals surface area contributed by atoms with E-state index in [0.29, 0.717) is 39.1 Å². The van der Waals surface area contributed by atoms with Gasteiger partial charge in [0.15, 0.2) is 5.75 Å². The van der Waals surface area contributed by atoms with Gasteiger partial charge in [-0.1, -0.05) is 57.5 Å². The van der Waals surface area contributed by atoms with E-state index in [2.05, 4.69) is 24.9 Å². The highest BCUT2D eigenvalue weighted by Gasteiger charge is 2.24. The molecule has 1 heterocycles. The average molecular weight is 473 g/mol. The first kappa shape index (κ1) is 23.7. The molecule has 0 fully saturated rings. The van der Waals surface area contributed by atoms with E-state index in [1.54, 1.807) is 42.6 Å². The molecule has 4 rings (SSSR count). The van der Waals surface area contributed by atoms with Gasteiger partial charge >= 0.3 is 0 Å². The maximum absolute atomic E-state index is 13.0. The molecule has 1 radical (unpaired) electrons. The Balaban J connectivity index is 1.88. The van der Waals surface area contributed by atoms with Crippen molar-refractivity contribution < 1.29 is 14.6 Å². The maximum Gasteiger partial charge on any atom is 0.227 e. The van der Waals surface area contributed by atoms with Crippen molar-refractivity contribution in [3.63, 3.8) is 0 Å². The van der Waals surface area contributed by atoms with E-state index in [1.165, 1.54) is 0 Å². The summed E-state index contributed by atoms with van der Waals surface area (Å²) in [5.41, 5.74) is 3.14. The number of benzene rings is 3. The third-order valence-corrected chi connectivity index (χ3v) is 5.83. The highest BCUT2D eigenvalue weighted by molar-refractivity contribution is 6.30. The fourth-order valence-electron chi connectivity index (χ4n) is 3.96. The third kappa shape index (κ3) is 5.02. The average Bonchev–Trinajstić information content (AvgIpc) is 2.82. The van der Waals surface area contributed by atoms with Crippen molar-refractivity contribution in [2.75, 3.05) is 0 Å². The van der Waals surface area contributed by atoms with Crippen LogP contribution in [0.4, 0.5) is 0 Å². The van der Waals surface area contributed by atoms with Gasteiger partial charge in [-0.05, 0) is 72.0 Å². The molecule has 4 aromatic rings. The lowest BCUT2D eigenvalue weighted by Crippen LogP contribution is -2.01. The molecule has 3 aromatic carbocycles. The van der Waals surface area contributed by atoms with Crippen LogP contribution in [0.2, 0.25) is 5.02 Å². The minimum absolute atomic E-state index is 0.0324. The number of nitrogens with zero attached hydrogens (tertiary/aromatic N) is 1. The Labute approximate surface area is 205 Å². The van der Waals surface area contributed by atoms with Crippen LogP contribution in [0.15, 0.2) is 79.0 Å². The van der Waals surface area contributed by atoms with Crippen LogP contribution < -0.4 is 9.47 Å². The molecule has 0 amide bonds. The minimum atomic E-state index is -0.0456. The van der Waals surface area contributed by atoms with Crippen LogP contribution in [-0.4, -0.2) is 4.98 Å². The number of pyridine rings is 1. The predicted molar refractivity (Wildman–Crippen MR) is 136 cm³/mol. The Morgan fingerprint density at radius 3 is 2.21 bits per heavy atom. The Bertz CT molecular complexity index is 1280. The number of rotatable bonds is 7. The van der Waals surface area contributed by atoms with Crippen molar-refractivity contribution in [1.82, 2.24) is 4.98 Å². The topological polar surface area (TPSA) is 51.2 Å². The largest absolute Gasteiger partial charge is 0.456 e. The summed E-state index contributed by atoms with van der Waals surface area (Å²) in [5.74, 6) is 2.54. The van der Waals surface area contributed by atoms with Gasteiger partial charge in [0.25, 0.3) is 0 Å². The van der Waals surface area contributed by atoms with Crippen LogP contribution >= 0.6 is 11.6 Å². The van der Waals surface area contributed by atoms with E-state index in [0.717, 1.165) is 11.3 Å². The van der Waals surface area contributed by atoms with Gasteiger partial charge in [-0.3, -0.25) is 5.11 Å². The van der Waals surface area contributed by atoms with Gasteiger partial charge in [0, 0.05) is 27.9 Å². The van der Waals surface area contributed by atoms with Gasteiger partial charge in [0.1, 0.15) is 17.2 Å². The number of halogens is 1. The summed E-state index contributed by atoms with van der Waals surface area (Å²) in [7, 11) is 0. The molecular formula is C29H27ClNO3. The van der Waals surface area contributed by atoms with Gasteiger partial charge in [0.05, 0.1) is 0 Å². The first-order valence-corrected chi connectivity index (χ1v) is 11.7. The van der Waals surface area contributed by atoms with Gasteiger partial charge < -0.3 is 9.47 Å². The molecule has 5 heteroatoms. The SMILES string of the molecule is CC(C)c1ccccc1Oc1ccc([O])c(C(C)C)c1-c1cccnc1Oc1ccc(Cl)cc1. The number of hydrogen-bond acceptors (Lipinski definition) is 3. The van der Waals surface area contributed by atoms with Gasteiger partial charge in [-0.2, -0.15) is 0 Å². The molecule has 0 atom stereocenters. The second-order valence-electron chi connectivity index (χ2n) is 8.71.